The molecule has 0 saturated carbocycles. The predicted molar refractivity (Wildman–Crippen MR) is 101 cm³/mol. The quantitative estimate of drug-likeness (QED) is 0.517. The van der Waals surface area contributed by atoms with Gasteiger partial charge in [0, 0.05) is 24.1 Å². The lowest BCUT2D eigenvalue weighted by Crippen LogP contribution is -2.45. The van der Waals surface area contributed by atoms with Crippen LogP contribution in [0.25, 0.3) is 10.8 Å². The fourth-order valence-corrected chi connectivity index (χ4v) is 2.92. The molecular formula is C20H17N3O4. The number of non-ortho nitro benzene ring substituents is 1. The van der Waals surface area contributed by atoms with E-state index in [1.54, 1.807) is 0 Å². The van der Waals surface area contributed by atoms with Crippen molar-refractivity contribution < 1.29 is 14.5 Å². The zero-order valence-corrected chi connectivity index (χ0v) is 14.3. The molecule has 3 rings (SSSR count). The van der Waals surface area contributed by atoms with Crippen LogP contribution in [0.4, 0.5) is 5.69 Å². The van der Waals surface area contributed by atoms with Gasteiger partial charge in [-0.15, -0.1) is 0 Å². The fraction of sp³-hybridized carbons (Fsp3) is 0.100. The Bertz CT molecular complexity index is 1030. The number of nitrogens with zero attached hydrogens (tertiary/aromatic N) is 1. The van der Waals surface area contributed by atoms with E-state index >= 15 is 0 Å². The van der Waals surface area contributed by atoms with Crippen molar-refractivity contribution in [3.05, 3.63) is 88.0 Å². The highest BCUT2D eigenvalue weighted by atomic mass is 16.6. The van der Waals surface area contributed by atoms with Crippen molar-refractivity contribution in [2.24, 2.45) is 5.73 Å². The van der Waals surface area contributed by atoms with Gasteiger partial charge in [0.15, 0.2) is 0 Å². The number of primary amides is 1. The van der Waals surface area contributed by atoms with Crippen LogP contribution in [0.3, 0.4) is 0 Å². The van der Waals surface area contributed by atoms with Crippen molar-refractivity contribution in [1.82, 2.24) is 5.32 Å². The Labute approximate surface area is 154 Å². The Balaban J connectivity index is 1.84. The zero-order valence-electron chi connectivity index (χ0n) is 14.3. The molecule has 3 aromatic carbocycles. The number of nitrogens with one attached hydrogen (secondary N) is 1. The highest BCUT2D eigenvalue weighted by Crippen LogP contribution is 2.20. The highest BCUT2D eigenvalue weighted by Gasteiger charge is 2.21. The molecule has 1 atom stereocenters. The standard InChI is InChI=1S/C20H17N3O4/c21-19(24)18(12-14-7-3-6-13-5-1-2-10-17(13)14)22-20(25)15-8-4-9-16(11-15)23(26)27/h1-11,18H,12H2,(H2,21,24)(H,22,25)/t18-/m0/s1. The summed E-state index contributed by atoms with van der Waals surface area (Å²) in [6.45, 7) is 0. The number of hydrogen-bond acceptors (Lipinski definition) is 4. The minimum Gasteiger partial charge on any atom is -0.368 e. The molecule has 0 bridgehead atoms. The molecule has 3 N–H and O–H groups in total. The minimum absolute atomic E-state index is 0.0911. The first-order valence-electron chi connectivity index (χ1n) is 8.27. The van der Waals surface area contributed by atoms with Gasteiger partial charge in [-0.1, -0.05) is 48.5 Å². The second-order valence-electron chi connectivity index (χ2n) is 6.08. The van der Waals surface area contributed by atoms with E-state index < -0.39 is 22.8 Å². The Morgan fingerprint density at radius 2 is 1.74 bits per heavy atom. The maximum Gasteiger partial charge on any atom is 0.270 e. The maximum atomic E-state index is 12.4. The number of fused-ring (bicyclic) bond motifs is 1. The van der Waals surface area contributed by atoms with Crippen LogP contribution in [-0.2, 0) is 11.2 Å². The molecule has 0 fully saturated rings. The summed E-state index contributed by atoms with van der Waals surface area (Å²) in [7, 11) is 0. The van der Waals surface area contributed by atoms with Crippen LogP contribution in [0.1, 0.15) is 15.9 Å². The molecule has 0 aliphatic rings. The molecule has 0 radical (unpaired) electrons. The number of benzene rings is 3. The number of rotatable bonds is 6. The molecule has 7 heteroatoms. The number of hydrogen-bond donors (Lipinski definition) is 2. The Morgan fingerprint density at radius 1 is 1.04 bits per heavy atom. The molecule has 3 aromatic rings. The summed E-state index contributed by atoms with van der Waals surface area (Å²) >= 11 is 0. The predicted octanol–water partition coefficient (Wildman–Crippen LogP) is 2.57. The van der Waals surface area contributed by atoms with Gasteiger partial charge in [0.2, 0.25) is 5.91 Å². The number of carbonyl (C=O) groups is 2. The van der Waals surface area contributed by atoms with E-state index in [1.165, 1.54) is 18.2 Å². The van der Waals surface area contributed by atoms with Crippen LogP contribution in [0.2, 0.25) is 0 Å². The molecular weight excluding hydrogens is 346 g/mol. The van der Waals surface area contributed by atoms with Crippen molar-refractivity contribution in [3.8, 4) is 0 Å². The Hall–Kier alpha value is -3.74. The van der Waals surface area contributed by atoms with Crippen LogP contribution in [0.15, 0.2) is 66.7 Å². The van der Waals surface area contributed by atoms with Gasteiger partial charge >= 0.3 is 0 Å². The zero-order chi connectivity index (χ0) is 19.4. The third kappa shape index (κ3) is 4.09. The molecule has 27 heavy (non-hydrogen) atoms. The summed E-state index contributed by atoms with van der Waals surface area (Å²) in [4.78, 5) is 34.6. The van der Waals surface area contributed by atoms with Crippen LogP contribution < -0.4 is 11.1 Å². The average Bonchev–Trinajstić information content (AvgIpc) is 2.67. The number of carbonyl (C=O) groups excluding carboxylic acids is 2. The SMILES string of the molecule is NC(=O)[C@H](Cc1cccc2ccccc12)NC(=O)c1cccc([N+](=O)[O-])c1. The number of nitro benzene ring substituents is 1. The minimum atomic E-state index is -0.942. The largest absolute Gasteiger partial charge is 0.368 e. The van der Waals surface area contributed by atoms with Gasteiger partial charge in [-0.2, -0.15) is 0 Å². The number of nitro groups is 1. The molecule has 7 nitrogen and oxygen atoms in total. The van der Waals surface area contributed by atoms with E-state index in [-0.39, 0.29) is 17.7 Å². The normalized spacial score (nSPS) is 11.7. The third-order valence-corrected chi connectivity index (χ3v) is 4.27. The van der Waals surface area contributed by atoms with E-state index in [2.05, 4.69) is 5.32 Å². The van der Waals surface area contributed by atoms with Gasteiger partial charge in [-0.25, -0.2) is 0 Å². The lowest BCUT2D eigenvalue weighted by atomic mass is 9.98. The van der Waals surface area contributed by atoms with E-state index in [4.69, 9.17) is 5.73 Å². The molecule has 0 heterocycles. The summed E-state index contributed by atoms with van der Waals surface area (Å²) in [5.74, 6) is -1.27. The van der Waals surface area contributed by atoms with Crippen molar-refractivity contribution in [2.45, 2.75) is 12.5 Å². The summed E-state index contributed by atoms with van der Waals surface area (Å²) in [5.41, 5.74) is 6.23. The molecule has 2 amide bonds. The number of amides is 2. The first-order chi connectivity index (χ1) is 13.0. The van der Waals surface area contributed by atoms with Crippen molar-refractivity contribution in [1.29, 1.82) is 0 Å². The fourth-order valence-electron chi connectivity index (χ4n) is 2.92. The van der Waals surface area contributed by atoms with Gasteiger partial charge in [-0.3, -0.25) is 19.7 Å². The van der Waals surface area contributed by atoms with Gasteiger partial charge in [-0.05, 0) is 22.4 Å². The summed E-state index contributed by atoms with van der Waals surface area (Å²) in [6.07, 6.45) is 0.220. The number of nitrogens with two attached hydrogens (primary N) is 1. The summed E-state index contributed by atoms with van der Waals surface area (Å²) in [5, 5.41) is 15.4. The molecule has 0 aliphatic carbocycles. The van der Waals surface area contributed by atoms with Crippen molar-refractivity contribution in [3.63, 3.8) is 0 Å². The van der Waals surface area contributed by atoms with E-state index in [0.29, 0.717) is 0 Å². The molecule has 0 aliphatic heterocycles. The van der Waals surface area contributed by atoms with Crippen LogP contribution in [-0.4, -0.2) is 22.8 Å². The van der Waals surface area contributed by atoms with Gasteiger partial charge in [0.1, 0.15) is 6.04 Å². The van der Waals surface area contributed by atoms with Crippen LogP contribution in [0, 0.1) is 10.1 Å². The Kier molecular flexibility index (Phi) is 5.12. The monoisotopic (exact) mass is 363 g/mol. The second kappa shape index (κ2) is 7.65. The molecule has 0 aromatic heterocycles. The molecule has 136 valence electrons. The second-order valence-corrected chi connectivity index (χ2v) is 6.08. The molecule has 0 spiro atoms. The van der Waals surface area contributed by atoms with Crippen molar-refractivity contribution >= 4 is 28.3 Å². The van der Waals surface area contributed by atoms with E-state index in [0.717, 1.165) is 22.4 Å². The highest BCUT2D eigenvalue weighted by molar-refractivity contribution is 5.98. The summed E-state index contributed by atoms with van der Waals surface area (Å²) < 4.78 is 0. The maximum absolute atomic E-state index is 12.4. The first-order valence-corrected chi connectivity index (χ1v) is 8.27. The summed E-state index contributed by atoms with van der Waals surface area (Å²) in [6, 6.07) is 17.8. The smallest absolute Gasteiger partial charge is 0.270 e. The van der Waals surface area contributed by atoms with Crippen LogP contribution in [0.5, 0.6) is 0 Å². The molecule has 0 unspecified atom stereocenters. The van der Waals surface area contributed by atoms with Crippen molar-refractivity contribution in [2.75, 3.05) is 0 Å². The van der Waals surface area contributed by atoms with E-state index in [1.807, 2.05) is 42.5 Å². The lowest BCUT2D eigenvalue weighted by Gasteiger charge is -2.17. The lowest BCUT2D eigenvalue weighted by molar-refractivity contribution is -0.384. The Morgan fingerprint density at radius 3 is 2.48 bits per heavy atom. The van der Waals surface area contributed by atoms with Gasteiger partial charge < -0.3 is 11.1 Å². The van der Waals surface area contributed by atoms with Crippen LogP contribution >= 0.6 is 0 Å². The van der Waals surface area contributed by atoms with Gasteiger partial charge in [0.25, 0.3) is 11.6 Å². The van der Waals surface area contributed by atoms with E-state index in [9.17, 15) is 19.7 Å². The topological polar surface area (TPSA) is 115 Å². The third-order valence-electron chi connectivity index (χ3n) is 4.27. The average molecular weight is 363 g/mol. The van der Waals surface area contributed by atoms with Gasteiger partial charge in [0.05, 0.1) is 4.92 Å². The first kappa shape index (κ1) is 18.1. The molecule has 0 saturated heterocycles.